The van der Waals surface area contributed by atoms with Crippen LogP contribution in [0.1, 0.15) is 25.8 Å². The van der Waals surface area contributed by atoms with Crippen LogP contribution >= 0.6 is 11.3 Å². The molecule has 1 amide bonds. The van der Waals surface area contributed by atoms with Gasteiger partial charge >= 0.3 is 5.97 Å². The monoisotopic (exact) mass is 401 g/mol. The third kappa shape index (κ3) is 4.92. The van der Waals surface area contributed by atoms with Crippen LogP contribution in [0, 0.1) is 6.92 Å². The SMILES string of the molecule is COc1ccc(OCCOC(=O)c2sc(NC(=O)c3ccco3)cc2C)cc1. The van der Waals surface area contributed by atoms with E-state index in [2.05, 4.69) is 5.32 Å². The van der Waals surface area contributed by atoms with Crippen LogP contribution in [0.15, 0.2) is 53.1 Å². The first kappa shape index (κ1) is 19.5. The zero-order valence-electron chi connectivity index (χ0n) is 15.4. The van der Waals surface area contributed by atoms with E-state index in [1.54, 1.807) is 56.5 Å². The molecule has 0 aliphatic heterocycles. The Kier molecular flexibility index (Phi) is 6.33. The number of furan rings is 1. The highest BCUT2D eigenvalue weighted by Gasteiger charge is 2.17. The van der Waals surface area contributed by atoms with Crippen molar-refractivity contribution >= 4 is 28.2 Å². The highest BCUT2D eigenvalue weighted by Crippen LogP contribution is 2.28. The molecule has 0 aliphatic rings. The molecule has 0 atom stereocenters. The van der Waals surface area contributed by atoms with Gasteiger partial charge in [0.25, 0.3) is 5.91 Å². The van der Waals surface area contributed by atoms with Crippen molar-refractivity contribution in [3.8, 4) is 11.5 Å². The number of anilines is 1. The lowest BCUT2D eigenvalue weighted by Crippen LogP contribution is -2.12. The molecule has 0 aliphatic carbocycles. The molecule has 28 heavy (non-hydrogen) atoms. The number of ether oxygens (including phenoxy) is 3. The Balaban J connectivity index is 1.48. The van der Waals surface area contributed by atoms with Gasteiger partial charge in [-0.1, -0.05) is 0 Å². The lowest BCUT2D eigenvalue weighted by atomic mass is 10.3. The Bertz CT molecular complexity index is 930. The maximum atomic E-state index is 12.3. The fourth-order valence-corrected chi connectivity index (χ4v) is 3.32. The quantitative estimate of drug-likeness (QED) is 0.451. The van der Waals surface area contributed by atoms with Crippen LogP contribution in [-0.2, 0) is 4.74 Å². The molecule has 1 N–H and O–H groups in total. The predicted octanol–water partition coefficient (Wildman–Crippen LogP) is 4.15. The minimum absolute atomic E-state index is 0.107. The fraction of sp³-hybridized carbons (Fsp3) is 0.200. The number of nitrogens with one attached hydrogen (secondary N) is 1. The Morgan fingerprint density at radius 3 is 2.54 bits per heavy atom. The van der Waals surface area contributed by atoms with Crippen LogP contribution in [-0.4, -0.2) is 32.2 Å². The molecule has 1 aromatic carbocycles. The summed E-state index contributed by atoms with van der Waals surface area (Å²) in [7, 11) is 1.59. The molecule has 146 valence electrons. The summed E-state index contributed by atoms with van der Waals surface area (Å²) in [6.45, 7) is 2.12. The van der Waals surface area contributed by atoms with E-state index in [0.29, 0.717) is 15.6 Å². The smallest absolute Gasteiger partial charge is 0.348 e. The van der Waals surface area contributed by atoms with E-state index in [-0.39, 0.29) is 24.9 Å². The number of aryl methyl sites for hydroxylation is 1. The number of hydrogen-bond acceptors (Lipinski definition) is 7. The van der Waals surface area contributed by atoms with Gasteiger partial charge in [-0.3, -0.25) is 4.79 Å². The van der Waals surface area contributed by atoms with Crippen LogP contribution in [0.2, 0.25) is 0 Å². The molecule has 0 spiro atoms. The normalized spacial score (nSPS) is 10.4. The van der Waals surface area contributed by atoms with Crippen molar-refractivity contribution in [3.05, 3.63) is 64.9 Å². The molecule has 0 unspecified atom stereocenters. The first-order chi connectivity index (χ1) is 13.6. The van der Waals surface area contributed by atoms with Crippen molar-refractivity contribution < 1.29 is 28.2 Å². The van der Waals surface area contributed by atoms with E-state index in [1.165, 1.54) is 6.26 Å². The van der Waals surface area contributed by atoms with E-state index in [4.69, 9.17) is 18.6 Å². The second kappa shape index (κ2) is 9.09. The Labute approximate surface area is 165 Å². The van der Waals surface area contributed by atoms with Crippen molar-refractivity contribution in [2.24, 2.45) is 0 Å². The van der Waals surface area contributed by atoms with Gasteiger partial charge in [0.05, 0.1) is 18.4 Å². The molecule has 0 bridgehead atoms. The van der Waals surface area contributed by atoms with Gasteiger partial charge in [-0.05, 0) is 55.0 Å². The van der Waals surface area contributed by atoms with Gasteiger partial charge in [-0.15, -0.1) is 11.3 Å². The average Bonchev–Trinajstić information content (AvgIpc) is 3.35. The first-order valence-corrected chi connectivity index (χ1v) is 9.27. The summed E-state index contributed by atoms with van der Waals surface area (Å²) in [4.78, 5) is 24.7. The van der Waals surface area contributed by atoms with Crippen LogP contribution in [0.4, 0.5) is 5.00 Å². The highest BCUT2D eigenvalue weighted by molar-refractivity contribution is 7.18. The maximum Gasteiger partial charge on any atom is 0.348 e. The highest BCUT2D eigenvalue weighted by atomic mass is 32.1. The molecular weight excluding hydrogens is 382 g/mol. The number of amides is 1. The van der Waals surface area contributed by atoms with E-state index in [0.717, 1.165) is 22.6 Å². The first-order valence-electron chi connectivity index (χ1n) is 8.46. The summed E-state index contributed by atoms with van der Waals surface area (Å²) in [6.07, 6.45) is 1.42. The van der Waals surface area contributed by atoms with Crippen LogP contribution in [0.3, 0.4) is 0 Å². The third-order valence-corrected chi connectivity index (χ3v) is 4.86. The van der Waals surface area contributed by atoms with Crippen LogP contribution in [0.25, 0.3) is 0 Å². The Hall–Kier alpha value is -3.26. The summed E-state index contributed by atoms with van der Waals surface area (Å²) in [5.41, 5.74) is 0.723. The number of carbonyl (C=O) groups is 2. The summed E-state index contributed by atoms with van der Waals surface area (Å²) in [5.74, 6) is 0.762. The van der Waals surface area contributed by atoms with Gasteiger partial charge in [-0.2, -0.15) is 0 Å². The molecule has 0 saturated carbocycles. The molecule has 0 radical (unpaired) electrons. The maximum absolute atomic E-state index is 12.3. The predicted molar refractivity (Wildman–Crippen MR) is 104 cm³/mol. The van der Waals surface area contributed by atoms with Gasteiger partial charge in [0, 0.05) is 0 Å². The number of rotatable bonds is 8. The summed E-state index contributed by atoms with van der Waals surface area (Å²) < 4.78 is 20.9. The molecule has 8 heteroatoms. The molecular formula is C20H19NO6S. The lowest BCUT2D eigenvalue weighted by Gasteiger charge is -2.07. The van der Waals surface area contributed by atoms with Crippen molar-refractivity contribution in [3.63, 3.8) is 0 Å². The number of carbonyl (C=O) groups excluding carboxylic acids is 2. The zero-order valence-corrected chi connectivity index (χ0v) is 16.2. The van der Waals surface area contributed by atoms with E-state index >= 15 is 0 Å². The molecule has 7 nitrogen and oxygen atoms in total. The Morgan fingerprint density at radius 2 is 1.86 bits per heavy atom. The fourth-order valence-electron chi connectivity index (χ4n) is 2.36. The topological polar surface area (TPSA) is 87.0 Å². The number of thiophene rings is 1. The minimum atomic E-state index is -0.459. The van der Waals surface area contributed by atoms with Gasteiger partial charge < -0.3 is 23.9 Å². The lowest BCUT2D eigenvalue weighted by molar-refractivity contribution is 0.0455. The zero-order chi connectivity index (χ0) is 19.9. The summed E-state index contributed by atoms with van der Waals surface area (Å²) in [5, 5.41) is 3.24. The van der Waals surface area contributed by atoms with Crippen molar-refractivity contribution in [1.29, 1.82) is 0 Å². The second-order valence-electron chi connectivity index (χ2n) is 5.71. The summed E-state index contributed by atoms with van der Waals surface area (Å²) >= 11 is 1.15. The van der Waals surface area contributed by atoms with Gasteiger partial charge in [0.15, 0.2) is 5.76 Å². The summed E-state index contributed by atoms with van der Waals surface area (Å²) in [6, 6.07) is 12.0. The van der Waals surface area contributed by atoms with Crippen LogP contribution in [0.5, 0.6) is 11.5 Å². The van der Waals surface area contributed by atoms with Crippen molar-refractivity contribution in [1.82, 2.24) is 0 Å². The van der Waals surface area contributed by atoms with E-state index in [1.807, 2.05) is 0 Å². The van der Waals surface area contributed by atoms with E-state index in [9.17, 15) is 9.59 Å². The number of benzene rings is 1. The largest absolute Gasteiger partial charge is 0.497 e. The molecule has 0 fully saturated rings. The number of hydrogen-bond donors (Lipinski definition) is 1. The van der Waals surface area contributed by atoms with Gasteiger partial charge in [-0.25, -0.2) is 4.79 Å². The van der Waals surface area contributed by atoms with Gasteiger partial charge in [0.2, 0.25) is 0 Å². The molecule has 2 aromatic heterocycles. The number of esters is 1. The third-order valence-electron chi connectivity index (χ3n) is 3.73. The van der Waals surface area contributed by atoms with E-state index < -0.39 is 5.97 Å². The molecule has 0 saturated heterocycles. The number of methoxy groups -OCH3 is 1. The minimum Gasteiger partial charge on any atom is -0.497 e. The second-order valence-corrected chi connectivity index (χ2v) is 6.77. The molecule has 3 aromatic rings. The molecule has 2 heterocycles. The van der Waals surface area contributed by atoms with Crippen LogP contribution < -0.4 is 14.8 Å². The standard InChI is InChI=1S/C20H19NO6S/c1-13-12-17(21-19(22)16-4-3-9-26-16)28-18(13)20(23)27-11-10-25-15-7-5-14(24-2)6-8-15/h3-9,12H,10-11H2,1-2H3,(H,21,22). The Morgan fingerprint density at radius 1 is 1.11 bits per heavy atom. The average molecular weight is 401 g/mol. The van der Waals surface area contributed by atoms with Crippen molar-refractivity contribution in [2.45, 2.75) is 6.92 Å². The molecule has 3 rings (SSSR count). The van der Waals surface area contributed by atoms with Gasteiger partial charge in [0.1, 0.15) is 29.6 Å². The van der Waals surface area contributed by atoms with Crippen molar-refractivity contribution in [2.75, 3.05) is 25.6 Å².